The van der Waals surface area contributed by atoms with Crippen molar-refractivity contribution in [3.63, 3.8) is 0 Å². The summed E-state index contributed by atoms with van der Waals surface area (Å²) in [6.45, 7) is 0. The van der Waals surface area contributed by atoms with Crippen LogP contribution in [0.4, 0.5) is 0 Å². The van der Waals surface area contributed by atoms with Crippen molar-refractivity contribution in [2.45, 2.75) is 24.8 Å². The third-order valence-electron chi connectivity index (χ3n) is 3.14. The number of thiophene rings is 1. The van der Waals surface area contributed by atoms with E-state index >= 15 is 0 Å². The molecule has 2 heterocycles. The van der Waals surface area contributed by atoms with Gasteiger partial charge in [0.1, 0.15) is 0 Å². The Bertz CT molecular complexity index is 586. The van der Waals surface area contributed by atoms with Gasteiger partial charge < -0.3 is 10.3 Å². The molecule has 1 aliphatic rings. The molecule has 1 fully saturated rings. The van der Waals surface area contributed by atoms with Crippen molar-refractivity contribution < 1.29 is 4.52 Å². The predicted octanol–water partition coefficient (Wildman–Crippen LogP) is 3.40. The Balaban J connectivity index is 1.75. The summed E-state index contributed by atoms with van der Waals surface area (Å²) in [4.78, 5) is 4.33. The van der Waals surface area contributed by atoms with E-state index in [0.717, 1.165) is 28.6 Å². The van der Waals surface area contributed by atoms with Crippen LogP contribution in [0.1, 0.15) is 36.5 Å². The van der Waals surface area contributed by atoms with E-state index < -0.39 is 0 Å². The van der Waals surface area contributed by atoms with Gasteiger partial charge in [0.15, 0.2) is 5.82 Å². The third kappa shape index (κ3) is 2.28. The SMILES string of the molecule is NC1(c2noc(/C=C/c3csc(Br)c3)n2)CCC1. The highest BCUT2D eigenvalue weighted by Gasteiger charge is 2.38. The Hall–Kier alpha value is -0.980. The first-order chi connectivity index (χ1) is 8.66. The summed E-state index contributed by atoms with van der Waals surface area (Å²) >= 11 is 5.06. The molecule has 2 aromatic rings. The van der Waals surface area contributed by atoms with Crippen LogP contribution in [0.2, 0.25) is 0 Å². The van der Waals surface area contributed by atoms with Gasteiger partial charge >= 0.3 is 0 Å². The highest BCUT2D eigenvalue weighted by Crippen LogP contribution is 2.36. The van der Waals surface area contributed by atoms with Crippen LogP contribution in [-0.4, -0.2) is 10.1 Å². The molecule has 18 heavy (non-hydrogen) atoms. The number of rotatable bonds is 3. The minimum absolute atomic E-state index is 0.360. The number of aromatic nitrogens is 2. The fraction of sp³-hybridized carbons (Fsp3) is 0.333. The summed E-state index contributed by atoms with van der Waals surface area (Å²) in [5, 5.41) is 6.01. The molecule has 0 bridgehead atoms. The number of nitrogens with zero attached hydrogens (tertiary/aromatic N) is 2. The van der Waals surface area contributed by atoms with Crippen LogP contribution in [0, 0.1) is 0 Å². The summed E-state index contributed by atoms with van der Waals surface area (Å²) in [6.07, 6.45) is 6.77. The van der Waals surface area contributed by atoms with Crippen molar-refractivity contribution in [2.75, 3.05) is 0 Å². The van der Waals surface area contributed by atoms with Gasteiger partial charge in [0.2, 0.25) is 0 Å². The molecule has 1 saturated carbocycles. The minimum Gasteiger partial charge on any atom is -0.335 e. The molecule has 0 spiro atoms. The summed E-state index contributed by atoms with van der Waals surface area (Å²) in [7, 11) is 0. The highest BCUT2D eigenvalue weighted by molar-refractivity contribution is 9.11. The number of nitrogens with two attached hydrogens (primary N) is 1. The molecule has 2 aromatic heterocycles. The Kier molecular flexibility index (Phi) is 3.09. The minimum atomic E-state index is -0.360. The van der Waals surface area contributed by atoms with Crippen LogP contribution in [0.5, 0.6) is 0 Å². The second kappa shape index (κ2) is 4.60. The van der Waals surface area contributed by atoms with Crippen molar-refractivity contribution in [1.82, 2.24) is 10.1 Å². The van der Waals surface area contributed by atoms with Crippen LogP contribution in [-0.2, 0) is 5.54 Å². The molecule has 94 valence electrons. The van der Waals surface area contributed by atoms with Crippen molar-refractivity contribution in [3.8, 4) is 0 Å². The van der Waals surface area contributed by atoms with Crippen molar-refractivity contribution in [1.29, 1.82) is 0 Å². The van der Waals surface area contributed by atoms with Crippen LogP contribution in [0.3, 0.4) is 0 Å². The smallest absolute Gasteiger partial charge is 0.250 e. The van der Waals surface area contributed by atoms with E-state index in [2.05, 4.69) is 26.1 Å². The van der Waals surface area contributed by atoms with Crippen molar-refractivity contribution in [2.24, 2.45) is 5.73 Å². The monoisotopic (exact) mass is 325 g/mol. The summed E-state index contributed by atoms with van der Waals surface area (Å²) in [6, 6.07) is 2.04. The maximum atomic E-state index is 6.13. The van der Waals surface area contributed by atoms with Gasteiger partial charge in [-0.15, -0.1) is 11.3 Å². The second-order valence-electron chi connectivity index (χ2n) is 4.48. The van der Waals surface area contributed by atoms with Gasteiger partial charge in [0.05, 0.1) is 9.33 Å². The fourth-order valence-electron chi connectivity index (χ4n) is 1.86. The van der Waals surface area contributed by atoms with Gasteiger partial charge in [-0.05, 0) is 58.3 Å². The Morgan fingerprint density at radius 2 is 2.28 bits per heavy atom. The third-order valence-corrected chi connectivity index (χ3v) is 4.66. The molecule has 4 nitrogen and oxygen atoms in total. The molecule has 0 atom stereocenters. The van der Waals surface area contributed by atoms with Crippen LogP contribution in [0.15, 0.2) is 19.8 Å². The van der Waals surface area contributed by atoms with Gasteiger partial charge in [-0.1, -0.05) is 5.16 Å². The normalized spacial score (nSPS) is 18.1. The lowest BCUT2D eigenvalue weighted by atomic mass is 9.77. The topological polar surface area (TPSA) is 64.9 Å². The van der Waals surface area contributed by atoms with Crippen LogP contribution in [0.25, 0.3) is 12.2 Å². The van der Waals surface area contributed by atoms with Crippen molar-refractivity contribution >= 4 is 39.4 Å². The van der Waals surface area contributed by atoms with Gasteiger partial charge in [-0.2, -0.15) is 4.98 Å². The molecule has 1 aliphatic carbocycles. The van der Waals surface area contributed by atoms with Crippen LogP contribution >= 0.6 is 27.3 Å². The highest BCUT2D eigenvalue weighted by atomic mass is 79.9. The maximum Gasteiger partial charge on any atom is 0.250 e. The van der Waals surface area contributed by atoms with E-state index in [9.17, 15) is 0 Å². The first-order valence-electron chi connectivity index (χ1n) is 5.71. The summed E-state index contributed by atoms with van der Waals surface area (Å²) < 4.78 is 6.28. The molecule has 2 N–H and O–H groups in total. The second-order valence-corrected chi connectivity index (χ2v) is 6.77. The molecule has 0 unspecified atom stereocenters. The Morgan fingerprint density at radius 1 is 1.44 bits per heavy atom. The lowest BCUT2D eigenvalue weighted by Gasteiger charge is -2.34. The molecular weight excluding hydrogens is 314 g/mol. The average molecular weight is 326 g/mol. The zero-order chi connectivity index (χ0) is 12.6. The van der Waals surface area contributed by atoms with E-state index in [-0.39, 0.29) is 5.54 Å². The molecule has 0 saturated heterocycles. The van der Waals surface area contributed by atoms with E-state index in [1.54, 1.807) is 11.3 Å². The van der Waals surface area contributed by atoms with E-state index in [1.807, 2.05) is 23.6 Å². The quantitative estimate of drug-likeness (QED) is 0.939. The number of hydrogen-bond donors (Lipinski definition) is 1. The molecule has 0 radical (unpaired) electrons. The molecule has 6 heteroatoms. The Morgan fingerprint density at radius 3 is 2.89 bits per heavy atom. The lowest BCUT2D eigenvalue weighted by Crippen LogP contribution is -2.44. The molecule has 0 amide bonds. The molecular formula is C12H12BrN3OS. The lowest BCUT2D eigenvalue weighted by molar-refractivity contribution is 0.229. The van der Waals surface area contributed by atoms with Gasteiger partial charge in [0, 0.05) is 6.08 Å². The van der Waals surface area contributed by atoms with E-state index in [1.165, 1.54) is 0 Å². The number of halogens is 1. The molecule has 3 rings (SSSR count). The van der Waals surface area contributed by atoms with Gasteiger partial charge in [-0.25, -0.2) is 0 Å². The zero-order valence-electron chi connectivity index (χ0n) is 9.60. The van der Waals surface area contributed by atoms with Gasteiger partial charge in [0.25, 0.3) is 5.89 Å². The molecule has 0 aromatic carbocycles. The first kappa shape index (κ1) is 12.1. The van der Waals surface area contributed by atoms with Crippen molar-refractivity contribution in [3.05, 3.63) is 32.5 Å². The van der Waals surface area contributed by atoms with Gasteiger partial charge in [-0.3, -0.25) is 0 Å². The Labute approximate surface area is 117 Å². The summed E-state index contributed by atoms with van der Waals surface area (Å²) in [5.41, 5.74) is 6.88. The summed E-state index contributed by atoms with van der Waals surface area (Å²) in [5.74, 6) is 1.13. The first-order valence-corrected chi connectivity index (χ1v) is 7.38. The average Bonchev–Trinajstić information content (AvgIpc) is 2.92. The van der Waals surface area contributed by atoms with E-state index in [0.29, 0.717) is 11.7 Å². The predicted molar refractivity (Wildman–Crippen MR) is 75.0 cm³/mol. The molecule has 0 aliphatic heterocycles. The van der Waals surface area contributed by atoms with Crippen LogP contribution < -0.4 is 5.73 Å². The zero-order valence-corrected chi connectivity index (χ0v) is 12.0. The fourth-order valence-corrected chi connectivity index (χ4v) is 3.01. The standard InChI is InChI=1S/C12H12BrN3OS/c13-9-6-8(7-18-9)2-3-10-15-11(16-17-10)12(14)4-1-5-12/h2-3,6-7H,1,4-5,14H2/b3-2+. The largest absolute Gasteiger partial charge is 0.335 e. The number of hydrogen-bond acceptors (Lipinski definition) is 5. The van der Waals surface area contributed by atoms with E-state index in [4.69, 9.17) is 10.3 Å². The maximum absolute atomic E-state index is 6.13.